The van der Waals surface area contributed by atoms with Gasteiger partial charge in [-0.05, 0) is 43.3 Å². The van der Waals surface area contributed by atoms with Crippen LogP contribution in [-0.2, 0) is 0 Å². The van der Waals surface area contributed by atoms with E-state index in [9.17, 15) is 0 Å². The molecule has 1 atom stereocenters. The Kier molecular flexibility index (Phi) is 3.92. The standard InChI is InChI=1S/C18H17NO2/c1-14(18-11-6-12-20-18)19-15-7-5-10-17(13-15)21-16-8-3-2-4-9-16/h2-14,19H,1H3. The lowest BCUT2D eigenvalue weighted by molar-refractivity contribution is 0.481. The first-order chi connectivity index (χ1) is 10.3. The minimum atomic E-state index is 0.104. The first-order valence-electron chi connectivity index (χ1n) is 6.94. The SMILES string of the molecule is CC(Nc1cccc(Oc2ccccc2)c1)c1ccco1. The molecule has 0 spiro atoms. The van der Waals surface area contributed by atoms with Crippen LogP contribution >= 0.6 is 0 Å². The molecule has 21 heavy (non-hydrogen) atoms. The van der Waals surface area contributed by atoms with E-state index in [-0.39, 0.29) is 6.04 Å². The number of ether oxygens (including phenoxy) is 1. The first kappa shape index (κ1) is 13.3. The third kappa shape index (κ3) is 3.45. The number of hydrogen-bond donors (Lipinski definition) is 1. The Morgan fingerprint density at radius 2 is 1.71 bits per heavy atom. The highest BCUT2D eigenvalue weighted by molar-refractivity contribution is 5.50. The maximum Gasteiger partial charge on any atom is 0.129 e. The molecule has 1 N–H and O–H groups in total. The summed E-state index contributed by atoms with van der Waals surface area (Å²) in [6.45, 7) is 2.06. The smallest absolute Gasteiger partial charge is 0.129 e. The monoisotopic (exact) mass is 279 g/mol. The summed E-state index contributed by atoms with van der Waals surface area (Å²) in [5.74, 6) is 2.54. The largest absolute Gasteiger partial charge is 0.467 e. The molecule has 3 rings (SSSR count). The van der Waals surface area contributed by atoms with Crippen molar-refractivity contribution in [2.24, 2.45) is 0 Å². The van der Waals surface area contributed by atoms with Crippen LogP contribution in [0.4, 0.5) is 5.69 Å². The van der Waals surface area contributed by atoms with Crippen molar-refractivity contribution in [1.82, 2.24) is 0 Å². The molecular weight excluding hydrogens is 262 g/mol. The van der Waals surface area contributed by atoms with Crippen molar-refractivity contribution >= 4 is 5.69 Å². The molecule has 1 heterocycles. The molecule has 2 aromatic carbocycles. The summed E-state index contributed by atoms with van der Waals surface area (Å²) >= 11 is 0. The molecule has 3 aromatic rings. The van der Waals surface area contributed by atoms with E-state index in [1.807, 2.05) is 66.7 Å². The second-order valence-electron chi connectivity index (χ2n) is 4.82. The highest BCUT2D eigenvalue weighted by atomic mass is 16.5. The van der Waals surface area contributed by atoms with Gasteiger partial charge in [-0.3, -0.25) is 0 Å². The van der Waals surface area contributed by atoms with E-state index in [1.54, 1.807) is 6.26 Å². The van der Waals surface area contributed by atoms with Crippen LogP contribution in [0.15, 0.2) is 77.4 Å². The predicted molar refractivity (Wildman–Crippen MR) is 83.7 cm³/mol. The van der Waals surface area contributed by atoms with Crippen molar-refractivity contribution in [3.8, 4) is 11.5 Å². The highest BCUT2D eigenvalue weighted by Gasteiger charge is 2.08. The lowest BCUT2D eigenvalue weighted by atomic mass is 10.2. The summed E-state index contributed by atoms with van der Waals surface area (Å²) in [5, 5.41) is 3.40. The predicted octanol–water partition coefficient (Wildman–Crippen LogP) is 5.25. The fourth-order valence-electron chi connectivity index (χ4n) is 2.13. The molecule has 0 aliphatic heterocycles. The van der Waals surface area contributed by atoms with Crippen molar-refractivity contribution in [3.63, 3.8) is 0 Å². The molecule has 0 amide bonds. The topological polar surface area (TPSA) is 34.4 Å². The Bertz CT molecular complexity index is 677. The van der Waals surface area contributed by atoms with E-state index in [2.05, 4.69) is 12.2 Å². The van der Waals surface area contributed by atoms with Crippen LogP contribution in [0.3, 0.4) is 0 Å². The van der Waals surface area contributed by atoms with Crippen LogP contribution in [0.1, 0.15) is 18.7 Å². The number of para-hydroxylation sites is 1. The average Bonchev–Trinajstić information content (AvgIpc) is 3.03. The van der Waals surface area contributed by atoms with Gasteiger partial charge in [0, 0.05) is 11.8 Å². The molecule has 0 saturated heterocycles. The molecule has 106 valence electrons. The second-order valence-corrected chi connectivity index (χ2v) is 4.82. The Hall–Kier alpha value is -2.68. The van der Waals surface area contributed by atoms with Crippen molar-refractivity contribution in [2.45, 2.75) is 13.0 Å². The summed E-state index contributed by atoms with van der Waals surface area (Å²) in [6, 6.07) is 21.6. The number of rotatable bonds is 5. The molecule has 0 aliphatic rings. The third-order valence-corrected chi connectivity index (χ3v) is 3.17. The van der Waals surface area contributed by atoms with Crippen LogP contribution in [0.5, 0.6) is 11.5 Å². The van der Waals surface area contributed by atoms with Gasteiger partial charge in [0.05, 0.1) is 12.3 Å². The molecule has 0 radical (unpaired) electrons. The minimum Gasteiger partial charge on any atom is -0.467 e. The van der Waals surface area contributed by atoms with Crippen molar-refractivity contribution in [3.05, 3.63) is 78.8 Å². The fourth-order valence-corrected chi connectivity index (χ4v) is 2.13. The van der Waals surface area contributed by atoms with Crippen LogP contribution in [0, 0.1) is 0 Å². The molecule has 1 aromatic heterocycles. The Balaban J connectivity index is 1.71. The molecular formula is C18H17NO2. The summed E-state index contributed by atoms with van der Waals surface area (Å²) < 4.78 is 11.2. The Morgan fingerprint density at radius 1 is 0.905 bits per heavy atom. The van der Waals surface area contributed by atoms with Gasteiger partial charge in [0.15, 0.2) is 0 Å². The molecule has 3 nitrogen and oxygen atoms in total. The van der Waals surface area contributed by atoms with Crippen LogP contribution < -0.4 is 10.1 Å². The normalized spacial score (nSPS) is 11.9. The number of furan rings is 1. The number of anilines is 1. The van der Waals surface area contributed by atoms with Gasteiger partial charge in [0.25, 0.3) is 0 Å². The zero-order valence-electron chi connectivity index (χ0n) is 11.8. The summed E-state index contributed by atoms with van der Waals surface area (Å²) in [4.78, 5) is 0. The van der Waals surface area contributed by atoms with Gasteiger partial charge < -0.3 is 14.5 Å². The fraction of sp³-hybridized carbons (Fsp3) is 0.111. The lowest BCUT2D eigenvalue weighted by Gasteiger charge is -2.14. The van der Waals surface area contributed by atoms with Gasteiger partial charge >= 0.3 is 0 Å². The summed E-state index contributed by atoms with van der Waals surface area (Å²) in [7, 11) is 0. The van der Waals surface area contributed by atoms with E-state index >= 15 is 0 Å². The molecule has 1 unspecified atom stereocenters. The zero-order chi connectivity index (χ0) is 14.5. The third-order valence-electron chi connectivity index (χ3n) is 3.17. The van der Waals surface area contributed by atoms with Crippen LogP contribution in [-0.4, -0.2) is 0 Å². The number of benzene rings is 2. The van der Waals surface area contributed by atoms with E-state index in [4.69, 9.17) is 9.15 Å². The molecule has 0 aliphatic carbocycles. The minimum absolute atomic E-state index is 0.104. The van der Waals surface area contributed by atoms with Crippen LogP contribution in [0.25, 0.3) is 0 Å². The van der Waals surface area contributed by atoms with Crippen molar-refractivity contribution in [2.75, 3.05) is 5.32 Å². The molecule has 0 saturated carbocycles. The maximum atomic E-state index is 5.83. The Labute approximate surface area is 124 Å². The number of nitrogens with one attached hydrogen (secondary N) is 1. The quantitative estimate of drug-likeness (QED) is 0.693. The van der Waals surface area contributed by atoms with E-state index < -0.39 is 0 Å². The van der Waals surface area contributed by atoms with Crippen molar-refractivity contribution < 1.29 is 9.15 Å². The number of hydrogen-bond acceptors (Lipinski definition) is 3. The lowest BCUT2D eigenvalue weighted by Crippen LogP contribution is -2.05. The molecule has 0 bridgehead atoms. The van der Waals surface area contributed by atoms with Gasteiger partial charge in [-0.1, -0.05) is 24.3 Å². The average molecular weight is 279 g/mol. The van der Waals surface area contributed by atoms with E-state index in [1.165, 1.54) is 0 Å². The van der Waals surface area contributed by atoms with Crippen molar-refractivity contribution in [1.29, 1.82) is 0 Å². The van der Waals surface area contributed by atoms with Gasteiger partial charge in [0.2, 0.25) is 0 Å². The maximum absolute atomic E-state index is 5.83. The Morgan fingerprint density at radius 3 is 2.48 bits per heavy atom. The van der Waals surface area contributed by atoms with E-state index in [0.717, 1.165) is 22.9 Å². The van der Waals surface area contributed by atoms with Gasteiger partial charge in [0.1, 0.15) is 17.3 Å². The second kappa shape index (κ2) is 6.18. The molecule has 0 fully saturated rings. The first-order valence-corrected chi connectivity index (χ1v) is 6.94. The summed E-state index contributed by atoms with van der Waals surface area (Å²) in [6.07, 6.45) is 1.68. The van der Waals surface area contributed by atoms with Crippen LogP contribution in [0.2, 0.25) is 0 Å². The summed E-state index contributed by atoms with van der Waals surface area (Å²) in [5.41, 5.74) is 0.993. The van der Waals surface area contributed by atoms with E-state index in [0.29, 0.717) is 0 Å². The van der Waals surface area contributed by atoms with Gasteiger partial charge in [-0.2, -0.15) is 0 Å². The van der Waals surface area contributed by atoms with Gasteiger partial charge in [-0.25, -0.2) is 0 Å². The van der Waals surface area contributed by atoms with Gasteiger partial charge in [-0.15, -0.1) is 0 Å². The zero-order valence-corrected chi connectivity index (χ0v) is 11.8. The highest BCUT2D eigenvalue weighted by Crippen LogP contribution is 2.26. The molecule has 3 heteroatoms.